The second-order valence-corrected chi connectivity index (χ2v) is 25.3. The van der Waals surface area contributed by atoms with Crippen LogP contribution in [0.15, 0.2) is 47.6 Å². The number of rotatable bonds is 22. The Labute approximate surface area is 514 Å². The number of cyclic esters (lactones) is 1. The Hall–Kier alpha value is -4.75. The number of esters is 1. The number of carbonyl (C=O) groups is 7. The second kappa shape index (κ2) is 39.3. The number of nitrogens with zero attached hydrogens (tertiary/aromatic N) is 1. The Balaban J connectivity index is 1.41. The van der Waals surface area contributed by atoms with Gasteiger partial charge in [0.05, 0.1) is 32.0 Å². The first-order chi connectivity index (χ1) is 41.1. The third-order valence-electron chi connectivity index (χ3n) is 18.1. The lowest BCUT2D eigenvalue weighted by molar-refractivity contribution is -0.265. The first-order valence-corrected chi connectivity index (χ1v) is 32.7. The SMILES string of the molecule is CCCCCCCCCCCCOC(=O)OCCCCOC(=O)O[C@H]1CC[C@H](C[C@@H](C)[C@@H]2CC(=O)[C@H](C)/C=C(\C)[C@@H](O)[C@@H](OC)C(=O)[C@H](C)C[C@H](C)/C=C/C=C/C=C(\C)[C@@H](OC)C[C@@H]3CC[C@@H](C)[C@@](O)(O3)C(=O)C(=O)N3CCCC[C@H]3C(=O)O2)CC1. The summed E-state index contributed by atoms with van der Waals surface area (Å²) in [6, 6.07) is -1.18. The summed E-state index contributed by atoms with van der Waals surface area (Å²) in [5.41, 5.74) is 1.24. The molecule has 0 aromatic carbocycles. The van der Waals surface area contributed by atoms with Crippen molar-refractivity contribution < 1.29 is 81.7 Å². The Morgan fingerprint density at radius 2 is 1.35 bits per heavy atom. The smallest absolute Gasteiger partial charge is 0.460 e. The molecule has 0 aromatic heterocycles. The van der Waals surface area contributed by atoms with Crippen molar-refractivity contribution in [2.24, 2.45) is 35.5 Å². The maximum Gasteiger partial charge on any atom is 0.508 e. The zero-order valence-electron chi connectivity index (χ0n) is 53.9. The van der Waals surface area contributed by atoms with Gasteiger partial charge < -0.3 is 53.0 Å². The lowest BCUT2D eigenvalue weighted by Gasteiger charge is -2.42. The van der Waals surface area contributed by atoms with Gasteiger partial charge in [-0.25, -0.2) is 14.4 Å². The number of piperidine rings is 1. The lowest BCUT2D eigenvalue weighted by Crippen LogP contribution is -2.61. The van der Waals surface area contributed by atoms with Crippen molar-refractivity contribution in [1.29, 1.82) is 0 Å². The lowest BCUT2D eigenvalue weighted by atomic mass is 9.79. The molecule has 488 valence electrons. The van der Waals surface area contributed by atoms with Crippen LogP contribution in [0.5, 0.6) is 0 Å². The van der Waals surface area contributed by atoms with Gasteiger partial charge in [-0.3, -0.25) is 19.2 Å². The molecule has 2 N–H and O–H groups in total. The molecule has 0 spiro atoms. The minimum absolute atomic E-state index is 0.00132. The number of methoxy groups -OCH3 is 2. The van der Waals surface area contributed by atoms with Crippen molar-refractivity contribution in [2.75, 3.05) is 40.6 Å². The number of fused-ring (bicyclic) bond motifs is 3. The van der Waals surface area contributed by atoms with Crippen molar-refractivity contribution >= 4 is 41.5 Å². The van der Waals surface area contributed by atoms with E-state index >= 15 is 0 Å². The molecule has 0 aromatic rings. The van der Waals surface area contributed by atoms with Crippen molar-refractivity contribution in [2.45, 2.75) is 264 Å². The summed E-state index contributed by atoms with van der Waals surface area (Å²) in [6.45, 7) is 15.5. The Morgan fingerprint density at radius 1 is 0.733 bits per heavy atom. The molecule has 0 unspecified atom stereocenters. The number of unbranched alkanes of at least 4 members (excludes halogenated alkanes) is 10. The summed E-state index contributed by atoms with van der Waals surface area (Å²) < 4.78 is 45.4. The molecule has 3 fully saturated rings. The Bertz CT molecular complexity index is 2230. The van der Waals surface area contributed by atoms with Crippen LogP contribution in [0.4, 0.5) is 9.59 Å². The van der Waals surface area contributed by atoms with Gasteiger partial charge in [0.1, 0.15) is 36.2 Å². The van der Waals surface area contributed by atoms with Crippen LogP contribution in [-0.2, 0) is 61.9 Å². The fraction of sp³-hybridized carbons (Fsp3) is 0.779. The number of aliphatic hydroxyl groups is 2. The highest BCUT2D eigenvalue weighted by Gasteiger charge is 2.53. The molecule has 12 atom stereocenters. The average Bonchev–Trinajstić information content (AvgIpc) is 1.21. The molecule has 18 nitrogen and oxygen atoms in total. The number of allylic oxidation sites excluding steroid dienone is 6. The minimum atomic E-state index is -2.46. The maximum absolute atomic E-state index is 14.6. The standard InChI is InChI=1S/C68H109NO17/c1-11-12-13-14-15-16-17-18-19-25-38-81-66(76)82-39-26-27-40-83-67(77)84-54-35-32-53(33-36-54)43-49(5)59-45-57(70)48(4)42-51(7)61(72)62(80-10)60(71)50(6)41-46(2)28-21-20-22-29-47(3)58(79-9)44-55-34-31-52(8)68(78,86-55)63(73)64(74)69-37-24-23-30-56(69)65(75)85-59/h20-22,28-29,42,46,48-50,52-56,58-59,61-62,72,78H,11-19,23-27,30-41,43-45H2,1-10H3/b22-20+,28-21+,47-29+,51-42+/t46-,48-,49-,50-,52-,53-,54-,55+,56+,58+,59+,61-,62+,68-/m1/s1. The van der Waals surface area contributed by atoms with Crippen LogP contribution in [0.3, 0.4) is 0 Å². The van der Waals surface area contributed by atoms with Gasteiger partial charge in [0, 0.05) is 51.4 Å². The largest absolute Gasteiger partial charge is 0.508 e. The Morgan fingerprint density at radius 3 is 1.98 bits per heavy atom. The number of aliphatic hydroxyl groups excluding tert-OH is 1. The summed E-state index contributed by atoms with van der Waals surface area (Å²) in [7, 11) is 2.95. The highest BCUT2D eigenvalue weighted by molar-refractivity contribution is 6.39. The highest BCUT2D eigenvalue weighted by Crippen LogP contribution is 2.38. The summed E-state index contributed by atoms with van der Waals surface area (Å²) >= 11 is 0. The van der Waals surface area contributed by atoms with E-state index in [1.807, 2.05) is 58.1 Å². The highest BCUT2D eigenvalue weighted by atomic mass is 16.7. The molecule has 86 heavy (non-hydrogen) atoms. The first-order valence-electron chi connectivity index (χ1n) is 32.7. The monoisotopic (exact) mass is 1210 g/mol. The maximum atomic E-state index is 14.6. The summed E-state index contributed by atoms with van der Waals surface area (Å²) in [4.78, 5) is 97.4. The molecule has 1 amide bonds. The van der Waals surface area contributed by atoms with Crippen LogP contribution in [0.2, 0.25) is 0 Å². The van der Waals surface area contributed by atoms with E-state index in [4.69, 9.17) is 37.9 Å². The summed E-state index contributed by atoms with van der Waals surface area (Å²) in [5.74, 6) is -8.22. The average molecular weight is 1210 g/mol. The van der Waals surface area contributed by atoms with Crippen LogP contribution in [-0.4, -0.2) is 146 Å². The number of hydrogen-bond acceptors (Lipinski definition) is 17. The second-order valence-electron chi connectivity index (χ2n) is 25.3. The summed E-state index contributed by atoms with van der Waals surface area (Å²) in [6.07, 6.45) is 23.4. The number of ether oxygens (including phenoxy) is 8. The van der Waals surface area contributed by atoms with Gasteiger partial charge in [-0.15, -0.1) is 0 Å². The molecule has 1 aliphatic carbocycles. The van der Waals surface area contributed by atoms with Crippen LogP contribution in [0, 0.1) is 35.5 Å². The van der Waals surface area contributed by atoms with Crippen molar-refractivity contribution in [3.63, 3.8) is 0 Å². The van der Waals surface area contributed by atoms with Crippen LogP contribution < -0.4 is 0 Å². The quantitative estimate of drug-likeness (QED) is 0.0337. The molecule has 4 aliphatic rings. The van der Waals surface area contributed by atoms with E-state index in [1.165, 1.54) is 57.0 Å². The zero-order chi connectivity index (χ0) is 63.2. The number of amides is 1. The fourth-order valence-electron chi connectivity index (χ4n) is 12.4. The van der Waals surface area contributed by atoms with Crippen molar-refractivity contribution in [3.8, 4) is 0 Å². The van der Waals surface area contributed by atoms with Gasteiger partial charge in [-0.2, -0.15) is 0 Å². The van der Waals surface area contributed by atoms with E-state index in [-0.39, 0.29) is 68.0 Å². The number of Topliss-reactive ketones (excluding diaryl/α,β-unsaturated/α-hetero) is 3. The van der Waals surface area contributed by atoms with Crippen LogP contribution in [0.1, 0.15) is 216 Å². The van der Waals surface area contributed by atoms with Crippen LogP contribution in [0.25, 0.3) is 0 Å². The molecule has 18 heteroatoms. The van der Waals surface area contributed by atoms with E-state index in [0.29, 0.717) is 95.7 Å². The predicted octanol–water partition coefficient (Wildman–Crippen LogP) is 12.6. The van der Waals surface area contributed by atoms with Gasteiger partial charge in [0.2, 0.25) is 5.79 Å². The van der Waals surface area contributed by atoms with Gasteiger partial charge in [0.15, 0.2) is 5.78 Å². The number of carbonyl (C=O) groups excluding carboxylic acids is 7. The first kappa shape index (κ1) is 73.7. The molecule has 2 saturated heterocycles. The van der Waals surface area contributed by atoms with E-state index in [0.717, 1.165) is 24.8 Å². The van der Waals surface area contributed by atoms with Gasteiger partial charge in [0.25, 0.3) is 11.7 Å². The van der Waals surface area contributed by atoms with Gasteiger partial charge in [-0.05, 0) is 133 Å². The van der Waals surface area contributed by atoms with Gasteiger partial charge in [-0.1, -0.05) is 136 Å². The minimum Gasteiger partial charge on any atom is -0.460 e. The molecule has 2 bridgehead atoms. The fourth-order valence-corrected chi connectivity index (χ4v) is 12.4. The van der Waals surface area contributed by atoms with Crippen LogP contribution >= 0.6 is 0 Å². The molecule has 4 rings (SSSR count). The Kier molecular flexibility index (Phi) is 33.7. The molecule has 1 saturated carbocycles. The van der Waals surface area contributed by atoms with Crippen molar-refractivity contribution in [3.05, 3.63) is 47.6 Å². The predicted molar refractivity (Wildman–Crippen MR) is 328 cm³/mol. The third kappa shape index (κ3) is 24.7. The van der Waals surface area contributed by atoms with E-state index in [9.17, 15) is 43.8 Å². The van der Waals surface area contributed by atoms with E-state index in [1.54, 1.807) is 34.0 Å². The summed E-state index contributed by atoms with van der Waals surface area (Å²) in [5, 5.41) is 23.6. The molecule has 3 heterocycles. The topological polar surface area (TPSA) is 237 Å². The third-order valence-corrected chi connectivity index (χ3v) is 18.1. The molecule has 3 aliphatic heterocycles. The van der Waals surface area contributed by atoms with E-state index in [2.05, 4.69) is 6.92 Å². The van der Waals surface area contributed by atoms with Gasteiger partial charge >= 0.3 is 18.3 Å². The van der Waals surface area contributed by atoms with E-state index < -0.39 is 90.1 Å². The zero-order valence-corrected chi connectivity index (χ0v) is 53.9. The van der Waals surface area contributed by atoms with Crippen molar-refractivity contribution in [1.82, 2.24) is 4.90 Å². The molecule has 0 radical (unpaired) electrons. The normalized spacial score (nSPS) is 32.3. The number of hydrogen-bond donors (Lipinski definition) is 2. The molecular weight excluding hydrogens is 1100 g/mol. The molecular formula is C68H109NO17. The number of ketones is 3.